The van der Waals surface area contributed by atoms with Crippen molar-refractivity contribution in [2.24, 2.45) is 4.99 Å². The van der Waals surface area contributed by atoms with Crippen molar-refractivity contribution in [2.45, 2.75) is 19.4 Å². The van der Waals surface area contributed by atoms with Crippen LogP contribution in [0, 0.1) is 11.3 Å². The monoisotopic (exact) mass is 319 g/mol. The summed E-state index contributed by atoms with van der Waals surface area (Å²) < 4.78 is 0. The van der Waals surface area contributed by atoms with Crippen LogP contribution >= 0.6 is 12.2 Å². The average Bonchev–Trinajstić information content (AvgIpc) is 2.44. The van der Waals surface area contributed by atoms with Crippen LogP contribution in [-0.4, -0.2) is 47.7 Å². The average molecular weight is 319 g/mol. The molecule has 0 heterocycles. The van der Waals surface area contributed by atoms with Gasteiger partial charge in [-0.3, -0.25) is 0 Å². The summed E-state index contributed by atoms with van der Waals surface area (Å²) in [7, 11) is 3.72. The zero-order chi connectivity index (χ0) is 16.8. The molecule has 0 fully saturated rings. The Balaban J connectivity index is 2.86. The lowest BCUT2D eigenvalue weighted by molar-refractivity contribution is 0.207. The number of nitrogens with zero attached hydrogens (tertiary/aromatic N) is 3. The first-order valence-corrected chi connectivity index (χ1v) is 7.13. The van der Waals surface area contributed by atoms with Crippen molar-refractivity contribution in [1.82, 2.24) is 10.2 Å². The highest BCUT2D eigenvalue weighted by Crippen LogP contribution is 2.22. The lowest BCUT2D eigenvalue weighted by Crippen LogP contribution is -2.47. The number of nitriles is 1. The fraction of sp³-hybridized carbons (Fsp3) is 0.400. The van der Waals surface area contributed by atoms with Crippen molar-refractivity contribution >= 4 is 35.0 Å². The van der Waals surface area contributed by atoms with Crippen LogP contribution < -0.4 is 10.6 Å². The van der Waals surface area contributed by atoms with Crippen LogP contribution in [-0.2, 0) is 0 Å². The van der Waals surface area contributed by atoms with E-state index in [1.165, 1.54) is 0 Å². The number of hydrogen-bond acceptors (Lipinski definition) is 4. The molecule has 1 aromatic rings. The summed E-state index contributed by atoms with van der Waals surface area (Å²) in [6.07, 6.45) is 1.64. The van der Waals surface area contributed by atoms with E-state index in [-0.39, 0.29) is 6.61 Å². The molecular weight excluding hydrogens is 298 g/mol. The molecule has 0 radical (unpaired) electrons. The second-order valence-corrected chi connectivity index (χ2v) is 6.08. The van der Waals surface area contributed by atoms with E-state index in [1.54, 1.807) is 29.4 Å². The van der Waals surface area contributed by atoms with E-state index in [1.807, 2.05) is 27.9 Å². The first-order chi connectivity index (χ1) is 10.3. The maximum absolute atomic E-state index is 9.22. The number of anilines is 1. The Bertz CT molecular complexity index is 604. The summed E-state index contributed by atoms with van der Waals surface area (Å²) in [5.41, 5.74) is 1.22. The van der Waals surface area contributed by atoms with Crippen LogP contribution in [0.25, 0.3) is 0 Å². The fourth-order valence-corrected chi connectivity index (χ4v) is 1.90. The summed E-state index contributed by atoms with van der Waals surface area (Å²) >= 11 is 5.20. The normalized spacial score (nSPS) is 11.1. The van der Waals surface area contributed by atoms with Crippen LogP contribution in [0.2, 0.25) is 0 Å². The largest absolute Gasteiger partial charge is 0.394 e. The van der Waals surface area contributed by atoms with E-state index in [2.05, 4.69) is 21.7 Å². The van der Waals surface area contributed by atoms with Gasteiger partial charge in [-0.2, -0.15) is 5.26 Å². The smallest absolute Gasteiger partial charge is 0.171 e. The number of aliphatic imine (C=N–C) groups is 1. The Morgan fingerprint density at radius 1 is 1.50 bits per heavy atom. The van der Waals surface area contributed by atoms with Gasteiger partial charge in [0.05, 0.1) is 29.7 Å². The molecule has 0 saturated heterocycles. The number of hydrogen-bond donors (Lipinski definition) is 3. The molecule has 0 amide bonds. The molecule has 1 aromatic carbocycles. The maximum atomic E-state index is 9.22. The van der Waals surface area contributed by atoms with Gasteiger partial charge < -0.3 is 20.6 Å². The molecule has 0 spiro atoms. The Morgan fingerprint density at radius 3 is 2.73 bits per heavy atom. The number of rotatable bonds is 5. The van der Waals surface area contributed by atoms with E-state index < -0.39 is 5.54 Å². The lowest BCUT2D eigenvalue weighted by Gasteiger charge is -2.25. The number of aliphatic hydroxyl groups excluding tert-OH is 1. The van der Waals surface area contributed by atoms with Crippen LogP contribution in [0.4, 0.5) is 11.4 Å². The summed E-state index contributed by atoms with van der Waals surface area (Å²) in [4.78, 5) is 6.03. The first-order valence-electron chi connectivity index (χ1n) is 6.72. The topological polar surface area (TPSA) is 83.7 Å². The minimum Gasteiger partial charge on any atom is -0.394 e. The number of aliphatic hydroxyl groups is 1. The van der Waals surface area contributed by atoms with E-state index >= 15 is 0 Å². The van der Waals surface area contributed by atoms with Crippen molar-refractivity contribution in [2.75, 3.05) is 26.0 Å². The van der Waals surface area contributed by atoms with E-state index in [4.69, 9.17) is 12.2 Å². The minimum absolute atomic E-state index is 0.0452. The van der Waals surface area contributed by atoms with Gasteiger partial charge in [0.2, 0.25) is 0 Å². The van der Waals surface area contributed by atoms with Crippen molar-refractivity contribution in [3.63, 3.8) is 0 Å². The minimum atomic E-state index is -0.516. The van der Waals surface area contributed by atoms with Gasteiger partial charge in [-0.05, 0) is 44.3 Å². The van der Waals surface area contributed by atoms with E-state index in [0.29, 0.717) is 22.1 Å². The Morgan fingerprint density at radius 2 is 2.18 bits per heavy atom. The summed E-state index contributed by atoms with van der Waals surface area (Å²) in [6, 6.07) is 7.34. The van der Waals surface area contributed by atoms with E-state index in [9.17, 15) is 10.4 Å². The van der Waals surface area contributed by atoms with Gasteiger partial charge in [0.1, 0.15) is 6.07 Å². The first kappa shape index (κ1) is 17.9. The molecule has 6 nitrogen and oxygen atoms in total. The SMILES string of the molecule is CN(C)/C=N\c1ccc(NC(=S)NC(C)(C)CO)cc1C#N. The number of nitrogens with one attached hydrogen (secondary N) is 2. The zero-order valence-corrected chi connectivity index (χ0v) is 14.0. The highest BCUT2D eigenvalue weighted by molar-refractivity contribution is 7.80. The molecule has 1 rings (SSSR count). The third-order valence-corrected chi connectivity index (χ3v) is 2.85. The summed E-state index contributed by atoms with van der Waals surface area (Å²) in [5, 5.41) is 24.8. The van der Waals surface area contributed by atoms with E-state index in [0.717, 1.165) is 0 Å². The van der Waals surface area contributed by atoms with Crippen LogP contribution in [0.3, 0.4) is 0 Å². The predicted octanol–water partition coefficient (Wildman–Crippen LogP) is 1.84. The summed E-state index contributed by atoms with van der Waals surface area (Å²) in [6.45, 7) is 3.62. The Kier molecular flexibility index (Phi) is 6.28. The van der Waals surface area contributed by atoms with Crippen molar-refractivity contribution < 1.29 is 5.11 Å². The highest BCUT2D eigenvalue weighted by atomic mass is 32.1. The predicted molar refractivity (Wildman–Crippen MR) is 93.5 cm³/mol. The molecular formula is C15H21N5OS. The molecule has 0 atom stereocenters. The molecule has 22 heavy (non-hydrogen) atoms. The molecule has 0 aliphatic carbocycles. The molecule has 0 unspecified atom stereocenters. The summed E-state index contributed by atoms with van der Waals surface area (Å²) in [5.74, 6) is 0. The standard InChI is InChI=1S/C15H21N5OS/c1-15(2,9-21)19-14(22)18-12-5-6-13(11(7-12)8-16)17-10-20(3)4/h5-7,10,21H,9H2,1-4H3,(H2,18,19,22)/b17-10-. The van der Waals surface area contributed by atoms with Crippen LogP contribution in [0.5, 0.6) is 0 Å². The third kappa shape index (κ3) is 5.68. The van der Waals surface area contributed by atoms with Crippen molar-refractivity contribution in [1.29, 1.82) is 5.26 Å². The molecule has 7 heteroatoms. The zero-order valence-electron chi connectivity index (χ0n) is 13.2. The number of benzene rings is 1. The van der Waals surface area contributed by atoms with Crippen LogP contribution in [0.1, 0.15) is 19.4 Å². The van der Waals surface area contributed by atoms with Gasteiger partial charge >= 0.3 is 0 Å². The second-order valence-electron chi connectivity index (χ2n) is 5.67. The molecule has 0 aliphatic heterocycles. The molecule has 0 bridgehead atoms. The fourth-order valence-electron chi connectivity index (χ4n) is 1.50. The van der Waals surface area contributed by atoms with Gasteiger partial charge in [-0.1, -0.05) is 0 Å². The quantitative estimate of drug-likeness (QED) is 0.436. The Labute approximate surface area is 136 Å². The number of thiocarbonyl (C=S) groups is 1. The van der Waals surface area contributed by atoms with Gasteiger partial charge in [0, 0.05) is 19.8 Å². The highest BCUT2D eigenvalue weighted by Gasteiger charge is 2.17. The van der Waals surface area contributed by atoms with Gasteiger partial charge in [0.25, 0.3) is 0 Å². The maximum Gasteiger partial charge on any atom is 0.171 e. The molecule has 118 valence electrons. The van der Waals surface area contributed by atoms with Gasteiger partial charge in [0.15, 0.2) is 5.11 Å². The molecule has 0 aliphatic rings. The van der Waals surface area contributed by atoms with Crippen molar-refractivity contribution in [3.05, 3.63) is 23.8 Å². The molecule has 3 N–H and O–H groups in total. The van der Waals surface area contributed by atoms with Crippen LogP contribution in [0.15, 0.2) is 23.2 Å². The molecule has 0 aromatic heterocycles. The second kappa shape index (κ2) is 7.73. The Hall–Kier alpha value is -2.17. The van der Waals surface area contributed by atoms with Gasteiger partial charge in [-0.25, -0.2) is 4.99 Å². The third-order valence-electron chi connectivity index (χ3n) is 2.65. The van der Waals surface area contributed by atoms with Crippen molar-refractivity contribution in [3.8, 4) is 6.07 Å². The van der Waals surface area contributed by atoms with Gasteiger partial charge in [-0.15, -0.1) is 0 Å². The lowest BCUT2D eigenvalue weighted by atomic mass is 10.1. The molecule has 0 saturated carbocycles.